The predicted octanol–water partition coefficient (Wildman–Crippen LogP) is 3.04. The summed E-state index contributed by atoms with van der Waals surface area (Å²) in [4.78, 5) is 14.9. The van der Waals surface area contributed by atoms with Gasteiger partial charge in [0.05, 0.1) is 11.7 Å². The van der Waals surface area contributed by atoms with E-state index < -0.39 is 5.97 Å². The third-order valence-corrected chi connectivity index (χ3v) is 4.50. The molecule has 0 aromatic carbocycles. The minimum absolute atomic E-state index is 0.0390. The van der Waals surface area contributed by atoms with Gasteiger partial charge in [-0.25, -0.2) is 9.78 Å². The number of carboxylic acids is 1. The molecule has 21 heavy (non-hydrogen) atoms. The molecule has 1 aliphatic heterocycles. The van der Waals surface area contributed by atoms with E-state index in [1.54, 1.807) is 12.1 Å². The van der Waals surface area contributed by atoms with Crippen molar-refractivity contribution >= 4 is 5.97 Å². The van der Waals surface area contributed by atoms with Gasteiger partial charge in [-0.3, -0.25) is 0 Å². The highest BCUT2D eigenvalue weighted by Crippen LogP contribution is 2.41. The van der Waals surface area contributed by atoms with Crippen molar-refractivity contribution in [3.63, 3.8) is 0 Å². The Bertz CT molecular complexity index is 511. The Labute approximate surface area is 124 Å². The van der Waals surface area contributed by atoms with Gasteiger partial charge in [-0.2, -0.15) is 0 Å². The number of carboxylic acid groups (broad SMARTS) is 1. The number of aromatic nitrogens is 1. The normalized spacial score (nSPS) is 24.1. The van der Waals surface area contributed by atoms with Crippen LogP contribution in [0.5, 0.6) is 5.75 Å². The molecule has 1 aromatic heterocycles. The summed E-state index contributed by atoms with van der Waals surface area (Å²) in [6.45, 7) is 0.397. The fraction of sp³-hybridized carbons (Fsp3) is 0.625. The average Bonchev–Trinajstić information content (AvgIpc) is 2.89. The van der Waals surface area contributed by atoms with Crippen LogP contribution in [0.4, 0.5) is 0 Å². The predicted molar refractivity (Wildman–Crippen MR) is 76.6 cm³/mol. The SMILES string of the molecule is O=C(O)c1ncccc1OCC1CCC2(CCCCC2)O1. The first kappa shape index (κ1) is 14.3. The molecule has 0 bridgehead atoms. The van der Waals surface area contributed by atoms with Crippen LogP contribution in [0.1, 0.15) is 55.4 Å². The Balaban J connectivity index is 1.58. The quantitative estimate of drug-likeness (QED) is 0.923. The van der Waals surface area contributed by atoms with Crippen LogP contribution in [0.15, 0.2) is 18.3 Å². The maximum Gasteiger partial charge on any atom is 0.358 e. The van der Waals surface area contributed by atoms with E-state index in [0.29, 0.717) is 12.4 Å². The van der Waals surface area contributed by atoms with E-state index in [9.17, 15) is 4.79 Å². The summed E-state index contributed by atoms with van der Waals surface area (Å²) < 4.78 is 11.9. The van der Waals surface area contributed by atoms with Gasteiger partial charge in [0.2, 0.25) is 0 Å². The molecule has 114 valence electrons. The average molecular weight is 291 g/mol. The van der Waals surface area contributed by atoms with Crippen LogP contribution in [0.3, 0.4) is 0 Å². The number of aromatic carboxylic acids is 1. The van der Waals surface area contributed by atoms with E-state index in [1.807, 2.05) is 0 Å². The molecule has 3 rings (SSSR count). The van der Waals surface area contributed by atoms with Gasteiger partial charge in [-0.15, -0.1) is 0 Å². The molecule has 1 spiro atoms. The highest BCUT2D eigenvalue weighted by molar-refractivity contribution is 5.88. The second-order valence-corrected chi connectivity index (χ2v) is 5.99. The lowest BCUT2D eigenvalue weighted by molar-refractivity contribution is -0.0749. The number of rotatable bonds is 4. The van der Waals surface area contributed by atoms with E-state index in [-0.39, 0.29) is 17.4 Å². The lowest BCUT2D eigenvalue weighted by Crippen LogP contribution is -2.33. The lowest BCUT2D eigenvalue weighted by Gasteiger charge is -2.33. The molecule has 2 aliphatic rings. The van der Waals surface area contributed by atoms with Crippen LogP contribution in [0, 0.1) is 0 Å². The van der Waals surface area contributed by atoms with E-state index in [4.69, 9.17) is 14.6 Å². The molecule has 0 amide bonds. The molecule has 2 heterocycles. The molecule has 1 saturated heterocycles. The maximum absolute atomic E-state index is 11.1. The van der Waals surface area contributed by atoms with E-state index in [2.05, 4.69) is 4.98 Å². The number of carbonyl (C=O) groups is 1. The summed E-state index contributed by atoms with van der Waals surface area (Å²) in [7, 11) is 0. The Morgan fingerprint density at radius 1 is 1.38 bits per heavy atom. The summed E-state index contributed by atoms with van der Waals surface area (Å²) in [5, 5.41) is 9.08. The number of hydrogen-bond donors (Lipinski definition) is 1. The van der Waals surface area contributed by atoms with Crippen molar-refractivity contribution in [2.24, 2.45) is 0 Å². The van der Waals surface area contributed by atoms with Crippen LogP contribution in [0.2, 0.25) is 0 Å². The molecule has 1 saturated carbocycles. The van der Waals surface area contributed by atoms with Crippen LogP contribution >= 0.6 is 0 Å². The molecule has 1 aromatic rings. The van der Waals surface area contributed by atoms with Gasteiger partial charge < -0.3 is 14.6 Å². The fourth-order valence-corrected chi connectivity index (χ4v) is 3.43. The topological polar surface area (TPSA) is 68.7 Å². The molecular formula is C16H21NO4. The summed E-state index contributed by atoms with van der Waals surface area (Å²) in [6, 6.07) is 3.32. The van der Waals surface area contributed by atoms with Crippen molar-refractivity contribution < 1.29 is 19.4 Å². The molecule has 5 heteroatoms. The summed E-state index contributed by atoms with van der Waals surface area (Å²) in [5.41, 5.74) is 0.0273. The Morgan fingerprint density at radius 3 is 2.95 bits per heavy atom. The van der Waals surface area contributed by atoms with Crippen LogP contribution < -0.4 is 4.74 Å². The van der Waals surface area contributed by atoms with E-state index >= 15 is 0 Å². The maximum atomic E-state index is 11.1. The lowest BCUT2D eigenvalue weighted by atomic mass is 9.83. The highest BCUT2D eigenvalue weighted by atomic mass is 16.6. The van der Waals surface area contributed by atoms with Gasteiger partial charge in [-0.1, -0.05) is 19.3 Å². The molecule has 1 N–H and O–H groups in total. The van der Waals surface area contributed by atoms with Gasteiger partial charge in [0.1, 0.15) is 6.61 Å². The van der Waals surface area contributed by atoms with Crippen LogP contribution in [-0.4, -0.2) is 34.4 Å². The van der Waals surface area contributed by atoms with Crippen molar-refractivity contribution in [1.29, 1.82) is 0 Å². The fourth-order valence-electron chi connectivity index (χ4n) is 3.43. The number of nitrogens with zero attached hydrogens (tertiary/aromatic N) is 1. The molecule has 0 radical (unpaired) electrons. The Kier molecular flexibility index (Phi) is 4.10. The van der Waals surface area contributed by atoms with Crippen molar-refractivity contribution in [1.82, 2.24) is 4.98 Å². The zero-order chi connectivity index (χ0) is 14.7. The van der Waals surface area contributed by atoms with Crippen molar-refractivity contribution in [3.05, 3.63) is 24.0 Å². The van der Waals surface area contributed by atoms with Gasteiger partial charge in [0.25, 0.3) is 0 Å². The number of ether oxygens (including phenoxy) is 2. The smallest absolute Gasteiger partial charge is 0.358 e. The number of pyridine rings is 1. The third kappa shape index (κ3) is 3.18. The molecular weight excluding hydrogens is 270 g/mol. The van der Waals surface area contributed by atoms with Crippen molar-refractivity contribution in [2.45, 2.75) is 56.7 Å². The summed E-state index contributed by atoms with van der Waals surface area (Å²) >= 11 is 0. The summed E-state index contributed by atoms with van der Waals surface area (Å²) in [6.07, 6.45) is 9.71. The van der Waals surface area contributed by atoms with Crippen LogP contribution in [-0.2, 0) is 4.74 Å². The zero-order valence-corrected chi connectivity index (χ0v) is 12.1. The first-order chi connectivity index (χ1) is 10.2. The van der Waals surface area contributed by atoms with Gasteiger partial charge in [0, 0.05) is 6.20 Å². The van der Waals surface area contributed by atoms with E-state index in [1.165, 1.54) is 25.5 Å². The molecule has 1 aliphatic carbocycles. The zero-order valence-electron chi connectivity index (χ0n) is 12.1. The largest absolute Gasteiger partial charge is 0.488 e. The standard InChI is InChI=1S/C16H21NO4/c18-15(19)14-13(5-4-10-17-14)20-11-12-6-9-16(21-12)7-2-1-3-8-16/h4-5,10,12H,1-3,6-9,11H2,(H,18,19). The Hall–Kier alpha value is -1.62. The van der Waals surface area contributed by atoms with Gasteiger partial charge >= 0.3 is 5.97 Å². The highest BCUT2D eigenvalue weighted by Gasteiger charge is 2.41. The van der Waals surface area contributed by atoms with Gasteiger partial charge in [-0.05, 0) is 37.8 Å². The minimum atomic E-state index is -1.07. The molecule has 5 nitrogen and oxygen atoms in total. The molecule has 1 atom stereocenters. The number of hydrogen-bond acceptors (Lipinski definition) is 4. The van der Waals surface area contributed by atoms with Crippen LogP contribution in [0.25, 0.3) is 0 Å². The van der Waals surface area contributed by atoms with Crippen molar-refractivity contribution in [3.8, 4) is 5.75 Å². The first-order valence-electron chi connectivity index (χ1n) is 7.67. The minimum Gasteiger partial charge on any atom is -0.488 e. The molecule has 2 fully saturated rings. The molecule has 1 unspecified atom stereocenters. The Morgan fingerprint density at radius 2 is 2.19 bits per heavy atom. The summed E-state index contributed by atoms with van der Waals surface area (Å²) in [5.74, 6) is -0.750. The monoisotopic (exact) mass is 291 g/mol. The second kappa shape index (κ2) is 6.02. The first-order valence-corrected chi connectivity index (χ1v) is 7.67. The van der Waals surface area contributed by atoms with E-state index in [0.717, 1.165) is 25.7 Å². The van der Waals surface area contributed by atoms with Crippen molar-refractivity contribution in [2.75, 3.05) is 6.61 Å². The van der Waals surface area contributed by atoms with Gasteiger partial charge in [0.15, 0.2) is 11.4 Å². The third-order valence-electron chi connectivity index (χ3n) is 4.50. The second-order valence-electron chi connectivity index (χ2n) is 5.99.